The van der Waals surface area contributed by atoms with E-state index in [0.29, 0.717) is 30.9 Å². The minimum Gasteiger partial charge on any atom is -0.399 e. The number of nitrogens with zero attached hydrogens (tertiary/aromatic N) is 1. The lowest BCUT2D eigenvalue weighted by Crippen LogP contribution is -2.36. The largest absolute Gasteiger partial charge is 0.399 e. The first kappa shape index (κ1) is 16.5. The number of hydrogen-bond donors (Lipinski definition) is 2. The zero-order valence-electron chi connectivity index (χ0n) is 13.3. The first-order chi connectivity index (χ1) is 11.4. The highest BCUT2D eigenvalue weighted by molar-refractivity contribution is 7.89. The zero-order valence-corrected chi connectivity index (χ0v) is 14.1. The van der Waals surface area contributed by atoms with Crippen LogP contribution in [0.2, 0.25) is 0 Å². The van der Waals surface area contributed by atoms with Gasteiger partial charge in [0.2, 0.25) is 15.9 Å². The Morgan fingerprint density at radius 2 is 1.83 bits per heavy atom. The molecule has 3 N–H and O–H groups in total. The van der Waals surface area contributed by atoms with Gasteiger partial charge in [-0.25, -0.2) is 8.42 Å². The average Bonchev–Trinajstić information content (AvgIpc) is 2.54. The van der Waals surface area contributed by atoms with Gasteiger partial charge in [0.15, 0.2) is 0 Å². The summed E-state index contributed by atoms with van der Waals surface area (Å²) in [7, 11) is -3.58. The average molecular weight is 345 g/mol. The van der Waals surface area contributed by atoms with Crippen LogP contribution in [0.3, 0.4) is 0 Å². The molecule has 0 radical (unpaired) electrons. The second kappa shape index (κ2) is 6.26. The van der Waals surface area contributed by atoms with E-state index in [9.17, 15) is 13.2 Å². The molecular weight excluding hydrogens is 326 g/mol. The van der Waals surface area contributed by atoms with Crippen molar-refractivity contribution in [1.82, 2.24) is 4.31 Å². The molecule has 2 aromatic carbocycles. The number of carbonyl (C=O) groups is 1. The number of carbonyl (C=O) groups excluding carboxylic acids is 1. The molecule has 0 unspecified atom stereocenters. The van der Waals surface area contributed by atoms with Gasteiger partial charge in [-0.05, 0) is 53.9 Å². The van der Waals surface area contributed by atoms with Crippen LogP contribution < -0.4 is 11.1 Å². The summed E-state index contributed by atoms with van der Waals surface area (Å²) in [6.07, 6.45) is 0.665. The van der Waals surface area contributed by atoms with Crippen molar-refractivity contribution < 1.29 is 13.2 Å². The monoisotopic (exact) mass is 345 g/mol. The van der Waals surface area contributed by atoms with Gasteiger partial charge in [0.05, 0.1) is 4.90 Å². The molecule has 0 saturated carbocycles. The van der Waals surface area contributed by atoms with Crippen LogP contribution in [0.25, 0.3) is 0 Å². The van der Waals surface area contributed by atoms with Crippen molar-refractivity contribution in [2.75, 3.05) is 17.6 Å². The molecule has 0 aliphatic carbocycles. The molecule has 0 spiro atoms. The van der Waals surface area contributed by atoms with Crippen molar-refractivity contribution in [2.24, 2.45) is 0 Å². The Morgan fingerprint density at radius 3 is 2.50 bits per heavy atom. The summed E-state index contributed by atoms with van der Waals surface area (Å²) in [5.74, 6) is -0.198. The lowest BCUT2D eigenvalue weighted by molar-refractivity contribution is -0.114. The number of amides is 1. The highest BCUT2D eigenvalue weighted by Gasteiger charge is 2.28. The predicted octanol–water partition coefficient (Wildman–Crippen LogP) is 1.97. The molecular formula is C17H19N3O3S. The Bertz CT molecular complexity index is 876. The number of nitrogen functional groups attached to an aromatic ring is 1. The van der Waals surface area contributed by atoms with E-state index in [-0.39, 0.29) is 10.8 Å². The summed E-state index contributed by atoms with van der Waals surface area (Å²) in [4.78, 5) is 11.3. The van der Waals surface area contributed by atoms with Crippen LogP contribution >= 0.6 is 0 Å². The number of anilines is 2. The third-order valence-corrected chi connectivity index (χ3v) is 5.88. The maximum atomic E-state index is 12.8. The SMILES string of the molecule is CC(=O)Nc1ccc(S(=O)(=O)N2CCc3ccc(N)cc3C2)cc1. The quantitative estimate of drug-likeness (QED) is 0.832. The van der Waals surface area contributed by atoms with E-state index < -0.39 is 10.0 Å². The topological polar surface area (TPSA) is 92.5 Å². The number of nitrogens with two attached hydrogens (primary N) is 1. The van der Waals surface area contributed by atoms with Gasteiger partial charge >= 0.3 is 0 Å². The van der Waals surface area contributed by atoms with Crippen LogP contribution in [0.15, 0.2) is 47.4 Å². The first-order valence-electron chi connectivity index (χ1n) is 7.61. The van der Waals surface area contributed by atoms with E-state index in [0.717, 1.165) is 11.1 Å². The van der Waals surface area contributed by atoms with Gasteiger partial charge < -0.3 is 11.1 Å². The van der Waals surface area contributed by atoms with Gasteiger partial charge in [0, 0.05) is 31.4 Å². The fraction of sp³-hybridized carbons (Fsp3) is 0.235. The maximum Gasteiger partial charge on any atom is 0.243 e. The van der Waals surface area contributed by atoms with Gasteiger partial charge in [-0.1, -0.05) is 6.07 Å². The Balaban J connectivity index is 1.84. The minimum atomic E-state index is -3.58. The molecule has 0 atom stereocenters. The van der Waals surface area contributed by atoms with Crippen molar-refractivity contribution in [3.05, 3.63) is 53.6 Å². The van der Waals surface area contributed by atoms with E-state index in [1.807, 2.05) is 18.2 Å². The highest BCUT2D eigenvalue weighted by atomic mass is 32.2. The number of sulfonamides is 1. The molecule has 2 aromatic rings. The van der Waals surface area contributed by atoms with E-state index >= 15 is 0 Å². The first-order valence-corrected chi connectivity index (χ1v) is 9.05. The summed E-state index contributed by atoms with van der Waals surface area (Å²) in [5, 5.41) is 2.62. The summed E-state index contributed by atoms with van der Waals surface area (Å²) in [5.41, 5.74) is 9.08. The molecule has 0 fully saturated rings. The van der Waals surface area contributed by atoms with Crippen LogP contribution in [0, 0.1) is 0 Å². The third-order valence-electron chi connectivity index (χ3n) is 4.02. The molecule has 1 heterocycles. The number of rotatable bonds is 3. The normalized spacial score (nSPS) is 14.9. The molecule has 1 amide bonds. The van der Waals surface area contributed by atoms with E-state index in [1.54, 1.807) is 12.1 Å². The summed E-state index contributed by atoms with van der Waals surface area (Å²) in [6.45, 7) is 2.16. The predicted molar refractivity (Wildman–Crippen MR) is 92.9 cm³/mol. The van der Waals surface area contributed by atoms with Crippen LogP contribution in [0.4, 0.5) is 11.4 Å². The summed E-state index contributed by atoms with van der Waals surface area (Å²) >= 11 is 0. The molecule has 1 aliphatic rings. The van der Waals surface area contributed by atoms with Crippen molar-refractivity contribution in [3.8, 4) is 0 Å². The molecule has 0 saturated heterocycles. The second-order valence-corrected chi connectivity index (χ2v) is 7.76. The van der Waals surface area contributed by atoms with Crippen LogP contribution in [-0.2, 0) is 27.8 Å². The van der Waals surface area contributed by atoms with Gasteiger partial charge in [0.1, 0.15) is 0 Å². The molecule has 7 heteroatoms. The standard InChI is InChI=1S/C17H19N3O3S/c1-12(21)19-16-4-6-17(7-5-16)24(22,23)20-9-8-13-2-3-15(18)10-14(13)11-20/h2-7,10H,8-9,11,18H2,1H3,(H,19,21). The smallest absolute Gasteiger partial charge is 0.243 e. The van der Waals surface area contributed by atoms with Crippen LogP contribution in [0.5, 0.6) is 0 Å². The number of hydrogen-bond acceptors (Lipinski definition) is 4. The van der Waals surface area contributed by atoms with E-state index in [1.165, 1.54) is 23.4 Å². The summed E-state index contributed by atoms with van der Waals surface area (Å²) in [6, 6.07) is 11.8. The summed E-state index contributed by atoms with van der Waals surface area (Å²) < 4.78 is 27.1. The highest BCUT2D eigenvalue weighted by Crippen LogP contribution is 2.26. The molecule has 3 rings (SSSR count). The third kappa shape index (κ3) is 3.27. The van der Waals surface area contributed by atoms with Crippen molar-refractivity contribution in [2.45, 2.75) is 24.8 Å². The van der Waals surface area contributed by atoms with Crippen molar-refractivity contribution in [1.29, 1.82) is 0 Å². The molecule has 24 heavy (non-hydrogen) atoms. The van der Waals surface area contributed by atoms with Gasteiger partial charge in [-0.3, -0.25) is 4.79 Å². The number of fused-ring (bicyclic) bond motifs is 1. The molecule has 0 aromatic heterocycles. The Labute approximate surface area is 141 Å². The molecule has 6 nitrogen and oxygen atoms in total. The lowest BCUT2D eigenvalue weighted by atomic mass is 10.0. The Kier molecular flexibility index (Phi) is 4.29. The van der Waals surface area contributed by atoms with Crippen molar-refractivity contribution in [3.63, 3.8) is 0 Å². The zero-order chi connectivity index (χ0) is 17.3. The van der Waals surface area contributed by atoms with Crippen molar-refractivity contribution >= 4 is 27.3 Å². The molecule has 126 valence electrons. The lowest BCUT2D eigenvalue weighted by Gasteiger charge is -2.28. The van der Waals surface area contributed by atoms with Crippen LogP contribution in [0.1, 0.15) is 18.1 Å². The Hall–Kier alpha value is -2.38. The minimum absolute atomic E-state index is 0.198. The van der Waals surface area contributed by atoms with Gasteiger partial charge in [0.25, 0.3) is 0 Å². The fourth-order valence-electron chi connectivity index (χ4n) is 2.82. The van der Waals surface area contributed by atoms with Crippen LogP contribution in [-0.4, -0.2) is 25.2 Å². The number of benzene rings is 2. The second-order valence-electron chi connectivity index (χ2n) is 5.82. The van der Waals surface area contributed by atoms with Gasteiger partial charge in [-0.15, -0.1) is 0 Å². The van der Waals surface area contributed by atoms with E-state index in [2.05, 4.69) is 5.32 Å². The fourth-order valence-corrected chi connectivity index (χ4v) is 4.24. The van der Waals surface area contributed by atoms with Gasteiger partial charge in [-0.2, -0.15) is 4.31 Å². The molecule has 0 bridgehead atoms. The Morgan fingerprint density at radius 1 is 1.12 bits per heavy atom. The maximum absolute atomic E-state index is 12.8. The molecule has 1 aliphatic heterocycles. The van der Waals surface area contributed by atoms with E-state index in [4.69, 9.17) is 5.73 Å². The number of nitrogens with one attached hydrogen (secondary N) is 1.